The molecular weight excluding hydrogens is 350 g/mol. The van der Waals surface area contributed by atoms with E-state index in [0.29, 0.717) is 23.7 Å². The predicted molar refractivity (Wildman–Crippen MR) is 101 cm³/mol. The van der Waals surface area contributed by atoms with Crippen molar-refractivity contribution in [3.8, 4) is 0 Å². The van der Waals surface area contributed by atoms with Gasteiger partial charge in [-0.2, -0.15) is 4.98 Å². The van der Waals surface area contributed by atoms with Gasteiger partial charge in [-0.1, -0.05) is 4.49 Å². The quantitative estimate of drug-likeness (QED) is 0.807. The molecule has 0 radical (unpaired) electrons. The number of hydrogen-bond donors (Lipinski definition) is 0. The summed E-state index contributed by atoms with van der Waals surface area (Å²) >= 11 is 1.17. The molecule has 2 aliphatic rings. The maximum Gasteiger partial charge on any atom is 0.267 e. The van der Waals surface area contributed by atoms with E-state index in [1.165, 1.54) is 24.4 Å². The zero-order valence-electron chi connectivity index (χ0n) is 15.2. The van der Waals surface area contributed by atoms with Crippen LogP contribution < -0.4 is 9.80 Å². The lowest BCUT2D eigenvalue weighted by atomic mass is 10.3. The van der Waals surface area contributed by atoms with Crippen LogP contribution in [0.3, 0.4) is 0 Å². The minimum absolute atomic E-state index is 0.0278. The Morgan fingerprint density at radius 1 is 1.00 bits per heavy atom. The zero-order chi connectivity index (χ0) is 18.1. The lowest BCUT2D eigenvalue weighted by Gasteiger charge is -2.35. The van der Waals surface area contributed by atoms with E-state index >= 15 is 0 Å². The molecule has 0 unspecified atom stereocenters. The molecule has 138 valence electrons. The van der Waals surface area contributed by atoms with Crippen molar-refractivity contribution in [1.82, 2.24) is 24.5 Å². The summed E-state index contributed by atoms with van der Waals surface area (Å²) < 4.78 is 3.87. The average Bonchev–Trinajstić information content (AvgIpc) is 3.32. The first-order valence-electron chi connectivity index (χ1n) is 9.05. The van der Waals surface area contributed by atoms with Gasteiger partial charge in [0.25, 0.3) is 5.91 Å². The van der Waals surface area contributed by atoms with Gasteiger partial charge >= 0.3 is 0 Å². The number of nitrogens with zero attached hydrogens (tertiary/aromatic N) is 7. The second-order valence-corrected chi connectivity index (χ2v) is 7.58. The number of aromatic nitrogens is 4. The van der Waals surface area contributed by atoms with E-state index in [1.54, 1.807) is 0 Å². The van der Waals surface area contributed by atoms with Crippen molar-refractivity contribution in [2.45, 2.75) is 26.7 Å². The van der Waals surface area contributed by atoms with E-state index in [-0.39, 0.29) is 5.91 Å². The molecule has 26 heavy (non-hydrogen) atoms. The van der Waals surface area contributed by atoms with Crippen molar-refractivity contribution < 1.29 is 4.79 Å². The van der Waals surface area contributed by atoms with Gasteiger partial charge in [-0.3, -0.25) is 4.79 Å². The largest absolute Gasteiger partial charge is 0.356 e. The number of hydrogen-bond acceptors (Lipinski definition) is 8. The van der Waals surface area contributed by atoms with E-state index < -0.39 is 0 Å². The summed E-state index contributed by atoms with van der Waals surface area (Å²) in [5.74, 6) is 1.82. The van der Waals surface area contributed by atoms with Crippen molar-refractivity contribution >= 4 is 29.2 Å². The molecule has 0 spiro atoms. The monoisotopic (exact) mass is 373 g/mol. The molecule has 0 saturated carbocycles. The molecular formula is C17H23N7OS. The predicted octanol–water partition coefficient (Wildman–Crippen LogP) is 1.51. The van der Waals surface area contributed by atoms with Gasteiger partial charge < -0.3 is 14.7 Å². The number of anilines is 2. The van der Waals surface area contributed by atoms with Gasteiger partial charge in [0, 0.05) is 51.0 Å². The van der Waals surface area contributed by atoms with Gasteiger partial charge in [-0.05, 0) is 38.2 Å². The topological polar surface area (TPSA) is 78.4 Å². The van der Waals surface area contributed by atoms with E-state index in [4.69, 9.17) is 4.98 Å². The molecule has 0 N–H and O–H groups in total. The third kappa shape index (κ3) is 3.35. The van der Waals surface area contributed by atoms with Crippen LogP contribution >= 0.6 is 11.5 Å². The van der Waals surface area contributed by atoms with Gasteiger partial charge in [0.05, 0.1) is 5.69 Å². The Morgan fingerprint density at radius 2 is 1.73 bits per heavy atom. The van der Waals surface area contributed by atoms with Crippen molar-refractivity contribution in [3.05, 3.63) is 22.3 Å². The minimum Gasteiger partial charge on any atom is -0.356 e. The highest BCUT2D eigenvalue weighted by atomic mass is 32.1. The highest BCUT2D eigenvalue weighted by Gasteiger charge is 2.26. The number of amides is 1. The summed E-state index contributed by atoms with van der Waals surface area (Å²) in [6.07, 6.45) is 2.45. The van der Waals surface area contributed by atoms with Crippen molar-refractivity contribution in [2.75, 3.05) is 49.1 Å². The van der Waals surface area contributed by atoms with Crippen LogP contribution in [0.4, 0.5) is 11.8 Å². The molecule has 2 aliphatic heterocycles. The Bertz CT molecular complexity index is 794. The second-order valence-electron chi connectivity index (χ2n) is 6.83. The van der Waals surface area contributed by atoms with E-state index in [1.807, 2.05) is 18.7 Å². The fourth-order valence-corrected chi connectivity index (χ4v) is 4.09. The number of carbonyl (C=O) groups excluding carboxylic acids is 1. The lowest BCUT2D eigenvalue weighted by Crippen LogP contribution is -2.49. The number of aryl methyl sites for hydroxylation is 2. The highest BCUT2D eigenvalue weighted by Crippen LogP contribution is 2.22. The van der Waals surface area contributed by atoms with Gasteiger partial charge in [0.15, 0.2) is 0 Å². The first-order chi connectivity index (χ1) is 12.6. The minimum atomic E-state index is 0.0278. The maximum absolute atomic E-state index is 12.6. The van der Waals surface area contributed by atoms with Crippen LogP contribution in [0.1, 0.15) is 33.9 Å². The van der Waals surface area contributed by atoms with Gasteiger partial charge in [0.2, 0.25) is 5.95 Å². The van der Waals surface area contributed by atoms with Gasteiger partial charge in [0.1, 0.15) is 10.7 Å². The molecule has 2 aromatic heterocycles. The standard InChI is InChI=1S/C17H23N7OS/c1-12-11-14(22-5-3-4-6-22)19-17(18-12)24-9-7-23(8-10-24)16(25)15-13(2)20-21-26-15/h11H,3-10H2,1-2H3. The normalized spacial score (nSPS) is 17.8. The summed E-state index contributed by atoms with van der Waals surface area (Å²) in [7, 11) is 0. The smallest absolute Gasteiger partial charge is 0.267 e. The molecule has 0 bridgehead atoms. The summed E-state index contributed by atoms with van der Waals surface area (Å²) in [6, 6.07) is 2.06. The molecule has 0 aromatic carbocycles. The Labute approximate surface area is 157 Å². The van der Waals surface area contributed by atoms with Crippen LogP contribution in [0.2, 0.25) is 0 Å². The first-order valence-corrected chi connectivity index (χ1v) is 9.83. The number of rotatable bonds is 3. The van der Waals surface area contributed by atoms with Gasteiger partial charge in [-0.15, -0.1) is 5.10 Å². The first kappa shape index (κ1) is 17.1. The number of piperazine rings is 1. The van der Waals surface area contributed by atoms with Crippen molar-refractivity contribution in [2.24, 2.45) is 0 Å². The van der Waals surface area contributed by atoms with E-state index in [0.717, 1.165) is 43.6 Å². The summed E-state index contributed by atoms with van der Waals surface area (Å²) in [6.45, 7) is 8.78. The molecule has 2 aromatic rings. The van der Waals surface area contributed by atoms with Crippen LogP contribution in [0.15, 0.2) is 6.07 Å². The number of carbonyl (C=O) groups is 1. The Hall–Kier alpha value is -2.29. The summed E-state index contributed by atoms with van der Waals surface area (Å²) in [5.41, 5.74) is 1.70. The van der Waals surface area contributed by atoms with Crippen LogP contribution in [0.25, 0.3) is 0 Å². The molecule has 9 heteroatoms. The lowest BCUT2D eigenvalue weighted by molar-refractivity contribution is 0.0750. The molecule has 8 nitrogen and oxygen atoms in total. The van der Waals surface area contributed by atoms with Crippen LogP contribution in [0, 0.1) is 13.8 Å². The molecule has 4 heterocycles. The molecule has 4 rings (SSSR count). The fourth-order valence-electron chi connectivity index (χ4n) is 3.47. The fraction of sp³-hybridized carbons (Fsp3) is 0.588. The average molecular weight is 373 g/mol. The summed E-state index contributed by atoms with van der Waals surface area (Å²) in [4.78, 5) is 29.0. The van der Waals surface area contributed by atoms with Crippen molar-refractivity contribution in [3.63, 3.8) is 0 Å². The Kier molecular flexibility index (Phi) is 4.71. The summed E-state index contributed by atoms with van der Waals surface area (Å²) in [5, 5.41) is 3.94. The zero-order valence-corrected chi connectivity index (χ0v) is 16.0. The van der Waals surface area contributed by atoms with E-state index in [9.17, 15) is 4.79 Å². The van der Waals surface area contributed by atoms with Crippen molar-refractivity contribution in [1.29, 1.82) is 0 Å². The molecule has 0 atom stereocenters. The highest BCUT2D eigenvalue weighted by molar-refractivity contribution is 7.07. The van der Waals surface area contributed by atoms with Crippen LogP contribution in [0.5, 0.6) is 0 Å². The Balaban J connectivity index is 1.45. The SMILES string of the molecule is Cc1cc(N2CCCC2)nc(N2CCN(C(=O)c3snnc3C)CC2)n1. The maximum atomic E-state index is 12.6. The second kappa shape index (κ2) is 7.14. The van der Waals surface area contributed by atoms with Crippen LogP contribution in [-0.2, 0) is 0 Å². The molecule has 2 saturated heterocycles. The molecule has 0 aliphatic carbocycles. The molecule has 2 fully saturated rings. The Morgan fingerprint density at radius 3 is 2.38 bits per heavy atom. The third-order valence-corrected chi connectivity index (χ3v) is 5.77. The third-order valence-electron chi connectivity index (χ3n) is 4.95. The molecule has 1 amide bonds. The van der Waals surface area contributed by atoms with Crippen LogP contribution in [-0.4, -0.2) is 69.6 Å². The van der Waals surface area contributed by atoms with E-state index in [2.05, 4.69) is 30.4 Å². The van der Waals surface area contributed by atoms with Gasteiger partial charge in [-0.25, -0.2) is 4.98 Å².